The number of aliphatic hydroxyl groups excluding tert-OH is 1. The number of methoxy groups -OCH3 is 1. The van der Waals surface area contributed by atoms with Crippen molar-refractivity contribution in [2.24, 2.45) is 17.3 Å². The number of rotatable bonds is 6. The molecule has 260 valence electrons. The van der Waals surface area contributed by atoms with Crippen LogP contribution in [0.25, 0.3) is 11.1 Å². The second-order valence-electron chi connectivity index (χ2n) is 14.7. The summed E-state index contributed by atoms with van der Waals surface area (Å²) in [6.07, 6.45) is 1.85. The molecule has 47 heavy (non-hydrogen) atoms. The van der Waals surface area contributed by atoms with Crippen molar-refractivity contribution in [3.63, 3.8) is 0 Å². The van der Waals surface area contributed by atoms with E-state index in [9.17, 15) is 14.7 Å². The van der Waals surface area contributed by atoms with Gasteiger partial charge in [-0.05, 0) is 90.4 Å². The van der Waals surface area contributed by atoms with E-state index in [2.05, 4.69) is 41.1 Å². The Labute approximate surface area is 280 Å². The van der Waals surface area contributed by atoms with E-state index in [0.717, 1.165) is 16.7 Å². The number of pyridine rings is 1. The Morgan fingerprint density at radius 2 is 1.72 bits per heavy atom. The number of likely N-dealkylation sites (N-methyl/N-ethyl adjacent to an activating group) is 2. The maximum absolute atomic E-state index is 14.3. The molecule has 0 unspecified atom stereocenters. The first-order valence-electron chi connectivity index (χ1n) is 16.7. The molecule has 0 aliphatic carbocycles. The number of hydrogen-bond acceptors (Lipinski definition) is 10. The average Bonchev–Trinajstić information content (AvgIpc) is 3.04. The van der Waals surface area contributed by atoms with Crippen LogP contribution in [0.5, 0.6) is 0 Å². The van der Waals surface area contributed by atoms with E-state index in [0.29, 0.717) is 19.4 Å². The highest BCUT2D eigenvalue weighted by Crippen LogP contribution is 2.39. The van der Waals surface area contributed by atoms with E-state index in [1.54, 1.807) is 34.1 Å². The van der Waals surface area contributed by atoms with Crippen LogP contribution in [0, 0.1) is 17.3 Å². The molecule has 1 aromatic carbocycles. The Hall–Kier alpha value is -2.73. The SMILES string of the molecule is CO[C@]1(C)C[C@@H](C)CN(C)[C@H](c2ccc(-c3cccnc3)cc2)COC(=O)C(C)(C)C(=O)[C@H](C)[C@H]1O[C@@H]1O[C@H](C)C[C@H](N(C)C)[C@H]1O. The van der Waals surface area contributed by atoms with E-state index in [1.807, 2.05) is 58.2 Å². The van der Waals surface area contributed by atoms with Crippen LogP contribution in [0.1, 0.15) is 66.0 Å². The normalized spacial score (nSPS) is 34.6. The van der Waals surface area contributed by atoms with Gasteiger partial charge in [0.25, 0.3) is 0 Å². The van der Waals surface area contributed by atoms with Gasteiger partial charge in [0.15, 0.2) is 12.1 Å². The molecule has 10 nitrogen and oxygen atoms in total. The Morgan fingerprint density at radius 3 is 2.32 bits per heavy atom. The highest BCUT2D eigenvalue weighted by atomic mass is 16.7. The summed E-state index contributed by atoms with van der Waals surface area (Å²) >= 11 is 0. The lowest BCUT2D eigenvalue weighted by Crippen LogP contribution is -2.59. The zero-order chi connectivity index (χ0) is 34.7. The Balaban J connectivity index is 1.68. The zero-order valence-corrected chi connectivity index (χ0v) is 29.8. The molecule has 10 heteroatoms. The predicted molar refractivity (Wildman–Crippen MR) is 180 cm³/mol. The Morgan fingerprint density at radius 1 is 1.04 bits per heavy atom. The molecule has 0 amide bonds. The molecule has 2 aromatic rings. The molecule has 0 bridgehead atoms. The van der Waals surface area contributed by atoms with E-state index in [4.69, 9.17) is 18.9 Å². The number of ether oxygens (including phenoxy) is 4. The summed E-state index contributed by atoms with van der Waals surface area (Å²) in [7, 11) is 7.48. The molecule has 0 saturated carbocycles. The van der Waals surface area contributed by atoms with Crippen LogP contribution in [0.2, 0.25) is 0 Å². The van der Waals surface area contributed by atoms with Crippen LogP contribution >= 0.6 is 0 Å². The van der Waals surface area contributed by atoms with Crippen molar-refractivity contribution in [1.29, 1.82) is 0 Å². The van der Waals surface area contributed by atoms with Gasteiger partial charge in [-0.3, -0.25) is 19.5 Å². The lowest BCUT2D eigenvalue weighted by molar-refractivity contribution is -0.295. The quantitative estimate of drug-likeness (QED) is 0.347. The van der Waals surface area contributed by atoms with Crippen molar-refractivity contribution >= 4 is 11.8 Å². The smallest absolute Gasteiger partial charge is 0.319 e. The highest BCUT2D eigenvalue weighted by molar-refractivity contribution is 6.04. The van der Waals surface area contributed by atoms with Crippen LogP contribution < -0.4 is 0 Å². The molecule has 0 radical (unpaired) electrons. The molecule has 1 N–H and O–H groups in total. The first-order valence-corrected chi connectivity index (χ1v) is 16.7. The fourth-order valence-electron chi connectivity index (χ4n) is 7.33. The van der Waals surface area contributed by atoms with Gasteiger partial charge >= 0.3 is 5.97 Å². The third-order valence-corrected chi connectivity index (χ3v) is 10.2. The number of carbonyl (C=O) groups excluding carboxylic acids is 2. The number of aromatic nitrogens is 1. The summed E-state index contributed by atoms with van der Waals surface area (Å²) in [5.74, 6) is -1.61. The largest absolute Gasteiger partial charge is 0.463 e. The van der Waals surface area contributed by atoms with E-state index < -0.39 is 41.4 Å². The third kappa shape index (κ3) is 8.29. The third-order valence-electron chi connectivity index (χ3n) is 10.2. The number of hydrogen-bond donors (Lipinski definition) is 1. The lowest BCUT2D eigenvalue weighted by Gasteiger charge is -2.47. The topological polar surface area (TPSA) is 111 Å². The van der Waals surface area contributed by atoms with Gasteiger partial charge in [0.1, 0.15) is 18.1 Å². The van der Waals surface area contributed by atoms with Gasteiger partial charge in [0.2, 0.25) is 0 Å². The van der Waals surface area contributed by atoms with Crippen molar-refractivity contribution in [3.8, 4) is 11.1 Å². The van der Waals surface area contributed by atoms with Gasteiger partial charge in [-0.1, -0.05) is 44.2 Å². The summed E-state index contributed by atoms with van der Waals surface area (Å²) in [5, 5.41) is 11.3. The van der Waals surface area contributed by atoms with Gasteiger partial charge in [0.05, 0.1) is 23.9 Å². The number of ketones is 1. The molecular weight excluding hydrogens is 598 g/mol. The summed E-state index contributed by atoms with van der Waals surface area (Å²) in [6.45, 7) is 11.8. The monoisotopic (exact) mass is 653 g/mol. The minimum absolute atomic E-state index is 0.0885. The molecule has 2 aliphatic heterocycles. The first kappa shape index (κ1) is 37.1. The number of esters is 1. The van der Waals surface area contributed by atoms with Crippen molar-refractivity contribution in [1.82, 2.24) is 14.8 Å². The van der Waals surface area contributed by atoms with Gasteiger partial charge in [-0.2, -0.15) is 0 Å². The van der Waals surface area contributed by atoms with Crippen molar-refractivity contribution in [3.05, 3.63) is 54.4 Å². The van der Waals surface area contributed by atoms with E-state index in [-0.39, 0.29) is 36.5 Å². The molecule has 2 aliphatic rings. The summed E-state index contributed by atoms with van der Waals surface area (Å²) in [6, 6.07) is 11.7. The zero-order valence-electron chi connectivity index (χ0n) is 29.8. The molecule has 9 atom stereocenters. The molecule has 2 fully saturated rings. The van der Waals surface area contributed by atoms with Crippen LogP contribution in [0.15, 0.2) is 48.8 Å². The fraction of sp³-hybridized carbons (Fsp3) is 0.649. The van der Waals surface area contributed by atoms with Crippen LogP contribution in [0.4, 0.5) is 0 Å². The molecule has 4 rings (SSSR count). The Kier molecular flexibility index (Phi) is 12.0. The van der Waals surface area contributed by atoms with Crippen molar-refractivity contribution < 1.29 is 33.6 Å². The second-order valence-corrected chi connectivity index (χ2v) is 14.7. The highest BCUT2D eigenvalue weighted by Gasteiger charge is 2.51. The van der Waals surface area contributed by atoms with Crippen molar-refractivity contribution in [2.45, 2.75) is 96.7 Å². The van der Waals surface area contributed by atoms with Crippen LogP contribution in [0.3, 0.4) is 0 Å². The maximum Gasteiger partial charge on any atom is 0.319 e. The standard InChI is InChI=1S/C37H55N3O7/c1-23-19-37(6,44-10)33(47-34-31(41)29(39(7)8)18-24(2)46-34)25(3)32(42)36(4,5)35(43)45-22-30(40(9)21-23)27-15-13-26(14-16-27)28-12-11-17-38-20-28/h11-17,20,23-25,29-31,33-34,41H,18-19,21-22H2,1-10H3/t23-,24-,25+,29+,30+,31-,33-,34+,37-/m1/s1. The van der Waals surface area contributed by atoms with Gasteiger partial charge in [-0.25, -0.2) is 0 Å². The fourth-order valence-corrected chi connectivity index (χ4v) is 7.33. The average molecular weight is 654 g/mol. The summed E-state index contributed by atoms with van der Waals surface area (Å²) in [4.78, 5) is 36.4. The number of nitrogens with zero attached hydrogens (tertiary/aromatic N) is 3. The molecular formula is C37H55N3O7. The van der Waals surface area contributed by atoms with Crippen molar-refractivity contribution in [2.75, 3.05) is 41.4 Å². The predicted octanol–water partition coefficient (Wildman–Crippen LogP) is 4.75. The van der Waals surface area contributed by atoms with Gasteiger partial charge < -0.3 is 29.0 Å². The van der Waals surface area contributed by atoms with Crippen LogP contribution in [-0.4, -0.2) is 109 Å². The molecule has 1 aromatic heterocycles. The van der Waals surface area contributed by atoms with Gasteiger partial charge in [0, 0.05) is 38.0 Å². The maximum atomic E-state index is 14.3. The van der Waals surface area contributed by atoms with E-state index in [1.165, 1.54) is 0 Å². The van der Waals surface area contributed by atoms with Crippen LogP contribution in [-0.2, 0) is 28.5 Å². The number of aliphatic hydroxyl groups is 1. The summed E-state index contributed by atoms with van der Waals surface area (Å²) in [5.41, 5.74) is 0.636. The minimum atomic E-state index is -1.46. The molecule has 2 saturated heterocycles. The molecule has 3 heterocycles. The number of benzene rings is 1. The summed E-state index contributed by atoms with van der Waals surface area (Å²) < 4.78 is 25.0. The minimum Gasteiger partial charge on any atom is -0.463 e. The Bertz CT molecular complexity index is 1340. The van der Waals surface area contributed by atoms with E-state index >= 15 is 0 Å². The number of Topliss-reactive ketones (excluding diaryl/α,β-unsaturated/α-hetero) is 1. The second kappa shape index (κ2) is 15.2. The lowest BCUT2D eigenvalue weighted by atomic mass is 9.74. The molecule has 0 spiro atoms. The number of cyclic esters (lactones) is 1. The number of carbonyl (C=O) groups is 2. The first-order chi connectivity index (χ1) is 22.1. The van der Waals surface area contributed by atoms with Gasteiger partial charge in [-0.15, -0.1) is 0 Å².